The number of esters is 5. The topological polar surface area (TPSA) is 189 Å². The third kappa shape index (κ3) is 12.3. The van der Waals surface area contributed by atoms with Crippen molar-refractivity contribution in [3.05, 3.63) is 215 Å². The van der Waals surface area contributed by atoms with Crippen LogP contribution in [0.4, 0.5) is 4.39 Å². The molecule has 2 aliphatic rings. The van der Waals surface area contributed by atoms with E-state index in [0.717, 1.165) is 5.56 Å². The molecule has 360 valence electrons. The Kier molecular flexibility index (Phi) is 16.5. The molecular formula is C54H47FO15. The monoisotopic (exact) mass is 954 g/mol. The fourth-order valence-electron chi connectivity index (χ4n) is 7.74. The molecule has 0 saturated carbocycles. The van der Waals surface area contributed by atoms with E-state index in [9.17, 15) is 29.1 Å². The molecule has 15 nitrogen and oxygen atoms in total. The molecule has 1 N–H and O–H groups in total. The number of aliphatic hydroxyl groups excluding tert-OH is 1. The molecule has 2 heterocycles. The number of ether oxygens (including phenoxy) is 9. The summed E-state index contributed by atoms with van der Waals surface area (Å²) >= 11 is 0. The lowest BCUT2D eigenvalue weighted by Gasteiger charge is -2.30. The van der Waals surface area contributed by atoms with Gasteiger partial charge in [0.1, 0.15) is 18.3 Å². The average Bonchev–Trinajstić information content (AvgIpc) is 3.90. The van der Waals surface area contributed by atoms with E-state index in [0.29, 0.717) is 0 Å². The summed E-state index contributed by atoms with van der Waals surface area (Å²) in [7, 11) is 0. The summed E-state index contributed by atoms with van der Waals surface area (Å²) in [5.74, 6) is -4.61. The molecular weight excluding hydrogens is 908 g/mol. The summed E-state index contributed by atoms with van der Waals surface area (Å²) < 4.78 is 70.1. The zero-order chi connectivity index (χ0) is 48.8. The molecule has 6 aromatic carbocycles. The SMILES string of the molecule is O=C(O[C@@H]1[C@@H](OC(=O)c2ccccc2)[C@H](F)O[C@H]1[C@@H](CO[C@@H]1O[C@@H]([C@H](O)COCc2ccccc2)[C@H](OC(=O)c2ccccc2)[C@H]1OC(=O)c1ccccc1)OC(=O)c1ccccc1)c1ccccc1. The minimum Gasteiger partial charge on any atom is -0.453 e. The summed E-state index contributed by atoms with van der Waals surface area (Å²) in [4.78, 5) is 68.6. The Hall–Kier alpha value is -7.60. The highest BCUT2D eigenvalue weighted by atomic mass is 19.1. The molecule has 2 fully saturated rings. The Balaban J connectivity index is 1.13. The summed E-state index contributed by atoms with van der Waals surface area (Å²) in [6, 6.07) is 48.1. The first-order valence-corrected chi connectivity index (χ1v) is 22.3. The molecule has 0 aromatic heterocycles. The van der Waals surface area contributed by atoms with Crippen molar-refractivity contribution >= 4 is 29.8 Å². The fourth-order valence-corrected chi connectivity index (χ4v) is 7.74. The van der Waals surface area contributed by atoms with Crippen LogP contribution in [0.2, 0.25) is 0 Å². The Morgan fingerprint density at radius 2 is 0.829 bits per heavy atom. The molecule has 0 unspecified atom stereocenters. The van der Waals surface area contributed by atoms with Gasteiger partial charge in [-0.3, -0.25) is 0 Å². The van der Waals surface area contributed by atoms with Crippen molar-refractivity contribution in [2.45, 2.75) is 68.1 Å². The molecule has 2 aliphatic heterocycles. The number of carbonyl (C=O) groups excluding carboxylic acids is 5. The maximum absolute atomic E-state index is 16.4. The fraction of sp³-hybridized carbons (Fsp3) is 0.241. The van der Waals surface area contributed by atoms with Crippen molar-refractivity contribution in [2.75, 3.05) is 13.2 Å². The predicted molar refractivity (Wildman–Crippen MR) is 245 cm³/mol. The van der Waals surface area contributed by atoms with E-state index in [2.05, 4.69) is 0 Å². The first-order valence-electron chi connectivity index (χ1n) is 22.3. The molecule has 8 rings (SSSR count). The molecule has 0 spiro atoms. The van der Waals surface area contributed by atoms with Gasteiger partial charge in [0.15, 0.2) is 36.8 Å². The first kappa shape index (κ1) is 48.8. The second kappa shape index (κ2) is 23.6. The Morgan fingerprint density at radius 1 is 0.457 bits per heavy atom. The normalized spacial score (nSPS) is 22.5. The minimum atomic E-state index is -2.44. The van der Waals surface area contributed by atoms with E-state index in [1.54, 1.807) is 91.0 Å². The van der Waals surface area contributed by atoms with Gasteiger partial charge in [-0.15, -0.1) is 0 Å². The number of benzene rings is 6. The molecule has 10 atom stereocenters. The van der Waals surface area contributed by atoms with Gasteiger partial charge >= 0.3 is 29.8 Å². The minimum absolute atomic E-state index is 0.0564. The van der Waals surface area contributed by atoms with Gasteiger partial charge in [-0.25, -0.2) is 28.4 Å². The molecule has 16 heteroatoms. The van der Waals surface area contributed by atoms with E-state index in [-0.39, 0.29) is 41.0 Å². The van der Waals surface area contributed by atoms with E-state index in [4.69, 9.17) is 42.6 Å². The largest absolute Gasteiger partial charge is 0.453 e. The van der Waals surface area contributed by atoms with Crippen molar-refractivity contribution in [1.29, 1.82) is 0 Å². The molecule has 2 saturated heterocycles. The van der Waals surface area contributed by atoms with Gasteiger partial charge in [0.05, 0.1) is 47.6 Å². The van der Waals surface area contributed by atoms with Crippen LogP contribution < -0.4 is 0 Å². The number of halogens is 1. The van der Waals surface area contributed by atoms with Gasteiger partial charge in [0.2, 0.25) is 6.36 Å². The van der Waals surface area contributed by atoms with Crippen molar-refractivity contribution < 1.29 is 76.1 Å². The molecule has 6 aromatic rings. The molecule has 0 bridgehead atoms. The van der Waals surface area contributed by atoms with Crippen LogP contribution in [0, 0.1) is 0 Å². The second-order valence-electron chi connectivity index (χ2n) is 16.1. The van der Waals surface area contributed by atoms with Crippen LogP contribution in [0.15, 0.2) is 182 Å². The summed E-state index contributed by atoms with van der Waals surface area (Å²) in [6.07, 6.45) is -17.5. The van der Waals surface area contributed by atoms with Gasteiger partial charge in [0.25, 0.3) is 0 Å². The van der Waals surface area contributed by atoms with E-state index in [1.165, 1.54) is 60.7 Å². The third-order valence-electron chi connectivity index (χ3n) is 11.2. The summed E-state index contributed by atoms with van der Waals surface area (Å²) in [6.45, 7) is -1.03. The van der Waals surface area contributed by atoms with Crippen LogP contribution in [-0.2, 0) is 49.2 Å². The number of aliphatic hydroxyl groups is 1. The number of carbonyl (C=O) groups is 5. The number of hydrogen-bond acceptors (Lipinski definition) is 15. The van der Waals surface area contributed by atoms with Crippen molar-refractivity contribution in [1.82, 2.24) is 0 Å². The molecule has 70 heavy (non-hydrogen) atoms. The van der Waals surface area contributed by atoms with Crippen LogP contribution in [0.25, 0.3) is 0 Å². The zero-order valence-corrected chi connectivity index (χ0v) is 37.3. The lowest BCUT2D eigenvalue weighted by atomic mass is 10.0. The van der Waals surface area contributed by atoms with Gasteiger partial charge in [0, 0.05) is 0 Å². The molecule has 0 radical (unpaired) electrons. The highest BCUT2D eigenvalue weighted by Gasteiger charge is 2.57. The Labute approximate surface area is 401 Å². The van der Waals surface area contributed by atoms with Gasteiger partial charge in [-0.2, -0.15) is 0 Å². The van der Waals surface area contributed by atoms with Crippen LogP contribution in [-0.4, -0.2) is 110 Å². The highest BCUT2D eigenvalue weighted by molar-refractivity contribution is 5.92. The van der Waals surface area contributed by atoms with Crippen molar-refractivity contribution in [3.63, 3.8) is 0 Å². The first-order chi connectivity index (χ1) is 34.1. The maximum atomic E-state index is 16.4. The zero-order valence-electron chi connectivity index (χ0n) is 37.3. The lowest BCUT2D eigenvalue weighted by molar-refractivity contribution is -0.204. The molecule has 0 amide bonds. The predicted octanol–water partition coefficient (Wildman–Crippen LogP) is 7.13. The smallest absolute Gasteiger partial charge is 0.338 e. The Bertz CT molecular complexity index is 2650. The number of hydrogen-bond donors (Lipinski definition) is 1. The molecule has 0 aliphatic carbocycles. The van der Waals surface area contributed by atoms with E-state index < -0.39 is 97.9 Å². The van der Waals surface area contributed by atoms with Gasteiger partial charge in [-0.1, -0.05) is 121 Å². The van der Waals surface area contributed by atoms with Crippen LogP contribution in [0.3, 0.4) is 0 Å². The maximum Gasteiger partial charge on any atom is 0.338 e. The number of alkyl halides is 1. The van der Waals surface area contributed by atoms with Crippen molar-refractivity contribution in [3.8, 4) is 0 Å². The summed E-state index contributed by atoms with van der Waals surface area (Å²) in [5, 5.41) is 11.7. The highest BCUT2D eigenvalue weighted by Crippen LogP contribution is 2.35. The standard InChI is InChI=1S/C54H47FO15/c55-48-46(68-52(60)38-27-15-5-16-28-38)45(67-51(59)37-25-13-4-14-26-37)43(65-48)41(64-49(57)35-21-9-2-10-22-35)33-63-54-47(69-53(61)39-29-17-6-18-30-39)44(66-50(58)36-23-11-3-12-24-36)42(70-54)40(56)32-62-31-34-19-7-1-8-20-34/h1-30,40-48,54,56H,31-33H2/t40-,41-,42+,43+,44+,45+,46-,47-,48-,54-/m1/s1. The summed E-state index contributed by atoms with van der Waals surface area (Å²) in [5.41, 5.74) is 1.20. The van der Waals surface area contributed by atoms with Crippen LogP contribution >= 0.6 is 0 Å². The van der Waals surface area contributed by atoms with Crippen molar-refractivity contribution in [2.24, 2.45) is 0 Å². The number of rotatable bonds is 19. The quantitative estimate of drug-likeness (QED) is 0.0638. The van der Waals surface area contributed by atoms with Gasteiger partial charge in [-0.05, 0) is 66.2 Å². The van der Waals surface area contributed by atoms with Crippen LogP contribution in [0.5, 0.6) is 0 Å². The average molecular weight is 955 g/mol. The Morgan fingerprint density at radius 3 is 1.27 bits per heavy atom. The lowest BCUT2D eigenvalue weighted by Crippen LogP contribution is -2.48. The second-order valence-corrected chi connectivity index (χ2v) is 16.1. The van der Waals surface area contributed by atoms with Gasteiger partial charge < -0.3 is 47.7 Å². The third-order valence-corrected chi connectivity index (χ3v) is 11.2. The van der Waals surface area contributed by atoms with Crippen LogP contribution in [0.1, 0.15) is 57.4 Å². The van der Waals surface area contributed by atoms with E-state index >= 15 is 4.39 Å². The van der Waals surface area contributed by atoms with E-state index in [1.807, 2.05) is 30.3 Å².